The second-order valence-electron chi connectivity index (χ2n) is 4.69. The van der Waals surface area contributed by atoms with Gasteiger partial charge in [0.1, 0.15) is 5.75 Å². The van der Waals surface area contributed by atoms with Crippen molar-refractivity contribution < 1.29 is 8.42 Å². The first-order valence-corrected chi connectivity index (χ1v) is 7.78. The molecule has 2 rings (SSSR count). The molecule has 0 amide bonds. The Labute approximate surface area is 113 Å². The molecule has 98 valence electrons. The number of benzene rings is 1. The average Bonchev–Trinajstić information content (AvgIpc) is 2.26. The number of sulfonamides is 1. The van der Waals surface area contributed by atoms with E-state index in [1.807, 2.05) is 31.2 Å². The number of hydrogen-bond acceptors (Lipinski definition) is 3. The Bertz CT molecular complexity index is 569. The zero-order valence-electron chi connectivity index (χ0n) is 10.2. The smallest absolute Gasteiger partial charge is 0.241 e. The highest BCUT2D eigenvalue weighted by atomic mass is 32.2. The number of rotatable bonds is 3. The fraction of sp³-hybridized carbons (Fsp3) is 0.417. The van der Waals surface area contributed by atoms with Crippen LogP contribution in [0.1, 0.15) is 12.5 Å². The van der Waals surface area contributed by atoms with E-state index in [0.717, 1.165) is 17.7 Å². The van der Waals surface area contributed by atoms with E-state index in [-0.39, 0.29) is 10.7 Å². The molecule has 0 bridgehead atoms. The molecule has 0 aromatic heterocycles. The van der Waals surface area contributed by atoms with E-state index in [1.165, 1.54) is 4.31 Å². The summed E-state index contributed by atoms with van der Waals surface area (Å²) in [6, 6.07) is 7.57. The third-order valence-electron chi connectivity index (χ3n) is 2.97. The third kappa shape index (κ3) is 2.64. The van der Waals surface area contributed by atoms with Crippen molar-refractivity contribution in [3.8, 4) is 0 Å². The Balaban J connectivity index is 2.43. The van der Waals surface area contributed by atoms with Gasteiger partial charge in [0.15, 0.2) is 0 Å². The molecule has 1 heterocycles. The molecule has 1 unspecified atom stereocenters. The maximum atomic E-state index is 12.3. The summed E-state index contributed by atoms with van der Waals surface area (Å²) < 4.78 is 26.0. The number of nitrogens with two attached hydrogens (primary N) is 1. The molecule has 1 atom stereocenters. The van der Waals surface area contributed by atoms with Crippen LogP contribution in [0.3, 0.4) is 0 Å². The number of nitrogens with zero attached hydrogens (tertiary/aromatic N) is 1. The Morgan fingerprint density at radius 3 is 2.83 bits per heavy atom. The lowest BCUT2D eigenvalue weighted by Crippen LogP contribution is -2.42. The van der Waals surface area contributed by atoms with Crippen molar-refractivity contribution in [3.05, 3.63) is 29.8 Å². The highest BCUT2D eigenvalue weighted by Crippen LogP contribution is 2.31. The minimum Gasteiger partial charge on any atom is -0.392 e. The van der Waals surface area contributed by atoms with Gasteiger partial charge in [-0.25, -0.2) is 8.42 Å². The summed E-state index contributed by atoms with van der Waals surface area (Å²) in [5.41, 5.74) is 7.18. The molecule has 1 aliphatic heterocycles. The Kier molecular flexibility index (Phi) is 3.59. The van der Waals surface area contributed by atoms with Crippen LogP contribution in [0.5, 0.6) is 0 Å². The van der Waals surface area contributed by atoms with E-state index < -0.39 is 10.0 Å². The van der Waals surface area contributed by atoms with Gasteiger partial charge in [0.2, 0.25) is 10.0 Å². The summed E-state index contributed by atoms with van der Waals surface area (Å²) >= 11 is 4.71. The molecule has 1 aromatic carbocycles. The van der Waals surface area contributed by atoms with Crippen LogP contribution >= 0.6 is 12.2 Å². The Morgan fingerprint density at radius 1 is 1.50 bits per heavy atom. The standard InChI is InChI=1S/C12H16N2O2S2/c1-9-6-10-4-2-3-5-11(10)14(7-9)18(15,16)8-12(13)17/h2-5,9H,6-8H2,1H3,(H2,13,17). The summed E-state index contributed by atoms with van der Waals surface area (Å²) in [5, 5.41) is 0. The topological polar surface area (TPSA) is 63.4 Å². The molecule has 0 fully saturated rings. The second-order valence-corrected chi connectivity index (χ2v) is 7.11. The lowest BCUT2D eigenvalue weighted by Gasteiger charge is -2.33. The Morgan fingerprint density at radius 2 is 2.17 bits per heavy atom. The molecule has 0 spiro atoms. The molecule has 0 saturated heterocycles. The van der Waals surface area contributed by atoms with Crippen LogP contribution in [0.4, 0.5) is 5.69 Å². The fourth-order valence-corrected chi connectivity index (χ4v) is 4.19. The second kappa shape index (κ2) is 4.85. The Hall–Kier alpha value is -1.14. The molecule has 0 aliphatic carbocycles. The quantitative estimate of drug-likeness (QED) is 0.850. The van der Waals surface area contributed by atoms with Gasteiger partial charge in [-0.15, -0.1) is 0 Å². The highest BCUT2D eigenvalue weighted by molar-refractivity contribution is 7.95. The van der Waals surface area contributed by atoms with Crippen molar-refractivity contribution in [2.45, 2.75) is 13.3 Å². The van der Waals surface area contributed by atoms with Crippen LogP contribution in [0, 0.1) is 5.92 Å². The fourth-order valence-electron chi connectivity index (χ4n) is 2.27. The van der Waals surface area contributed by atoms with Crippen LogP contribution in [0.2, 0.25) is 0 Å². The molecule has 1 aromatic rings. The number of thiocarbonyl (C=S) groups is 1. The molecule has 4 nitrogen and oxygen atoms in total. The molecular formula is C12H16N2O2S2. The van der Waals surface area contributed by atoms with Gasteiger partial charge in [0.05, 0.1) is 10.7 Å². The predicted octanol–water partition coefficient (Wildman–Crippen LogP) is 1.30. The van der Waals surface area contributed by atoms with Gasteiger partial charge in [-0.1, -0.05) is 37.3 Å². The first-order valence-electron chi connectivity index (χ1n) is 5.77. The summed E-state index contributed by atoms with van der Waals surface area (Å²) in [4.78, 5) is 0.00528. The van der Waals surface area contributed by atoms with Crippen molar-refractivity contribution >= 4 is 32.9 Å². The SMILES string of the molecule is CC1Cc2ccccc2N(S(=O)(=O)CC(N)=S)C1. The summed E-state index contributed by atoms with van der Waals surface area (Å²) in [7, 11) is -3.46. The number of hydrogen-bond donors (Lipinski definition) is 1. The van der Waals surface area contributed by atoms with Gasteiger partial charge < -0.3 is 5.73 Å². The monoisotopic (exact) mass is 284 g/mol. The third-order valence-corrected chi connectivity index (χ3v) is 4.99. The predicted molar refractivity (Wildman–Crippen MR) is 77.2 cm³/mol. The average molecular weight is 284 g/mol. The van der Waals surface area contributed by atoms with Crippen LogP contribution in [-0.4, -0.2) is 25.7 Å². The van der Waals surface area contributed by atoms with Crippen molar-refractivity contribution in [1.29, 1.82) is 0 Å². The van der Waals surface area contributed by atoms with E-state index in [9.17, 15) is 8.42 Å². The minimum absolute atomic E-state index is 0.00528. The molecule has 2 N–H and O–H groups in total. The zero-order valence-corrected chi connectivity index (χ0v) is 11.8. The van der Waals surface area contributed by atoms with Gasteiger partial charge in [-0.2, -0.15) is 0 Å². The van der Waals surface area contributed by atoms with Gasteiger partial charge in [-0.3, -0.25) is 4.31 Å². The lowest BCUT2D eigenvalue weighted by molar-refractivity contribution is 0.547. The normalized spacial score (nSPS) is 19.4. The van der Waals surface area contributed by atoms with Crippen molar-refractivity contribution in [3.63, 3.8) is 0 Å². The van der Waals surface area contributed by atoms with Gasteiger partial charge in [0, 0.05) is 6.54 Å². The molecule has 18 heavy (non-hydrogen) atoms. The maximum absolute atomic E-state index is 12.3. The molecule has 0 radical (unpaired) electrons. The minimum atomic E-state index is -3.46. The first kappa shape index (κ1) is 13.3. The van der Waals surface area contributed by atoms with Gasteiger partial charge in [-0.05, 0) is 24.0 Å². The van der Waals surface area contributed by atoms with Crippen molar-refractivity contribution in [1.82, 2.24) is 0 Å². The van der Waals surface area contributed by atoms with Gasteiger partial charge in [0.25, 0.3) is 0 Å². The summed E-state index contributed by atoms with van der Waals surface area (Å²) in [5.74, 6) is 0.0182. The van der Waals surface area contributed by atoms with E-state index in [0.29, 0.717) is 12.5 Å². The first-order chi connectivity index (χ1) is 8.40. The lowest BCUT2D eigenvalue weighted by atomic mass is 9.96. The van der Waals surface area contributed by atoms with E-state index in [4.69, 9.17) is 18.0 Å². The molecule has 6 heteroatoms. The van der Waals surface area contributed by atoms with Crippen molar-refractivity contribution in [2.75, 3.05) is 16.6 Å². The van der Waals surface area contributed by atoms with Crippen LogP contribution in [-0.2, 0) is 16.4 Å². The van der Waals surface area contributed by atoms with Crippen LogP contribution < -0.4 is 10.0 Å². The van der Waals surface area contributed by atoms with Crippen LogP contribution in [0.15, 0.2) is 24.3 Å². The zero-order chi connectivity index (χ0) is 13.3. The largest absolute Gasteiger partial charge is 0.392 e. The molecule has 0 saturated carbocycles. The summed E-state index contributed by atoms with van der Waals surface area (Å²) in [6.45, 7) is 2.53. The molecular weight excluding hydrogens is 268 g/mol. The van der Waals surface area contributed by atoms with Gasteiger partial charge >= 0.3 is 0 Å². The molecule has 1 aliphatic rings. The highest BCUT2D eigenvalue weighted by Gasteiger charge is 2.30. The maximum Gasteiger partial charge on any atom is 0.241 e. The summed E-state index contributed by atoms with van der Waals surface area (Å²) in [6.07, 6.45) is 0.898. The number of fused-ring (bicyclic) bond motifs is 1. The van der Waals surface area contributed by atoms with E-state index in [2.05, 4.69) is 0 Å². The number of para-hydroxylation sites is 1. The number of anilines is 1. The van der Waals surface area contributed by atoms with Crippen molar-refractivity contribution in [2.24, 2.45) is 11.7 Å². The van der Waals surface area contributed by atoms with E-state index >= 15 is 0 Å². The van der Waals surface area contributed by atoms with Crippen LogP contribution in [0.25, 0.3) is 0 Å². The van der Waals surface area contributed by atoms with E-state index in [1.54, 1.807) is 0 Å².